The van der Waals surface area contributed by atoms with Crippen LogP contribution in [0.3, 0.4) is 0 Å². The third-order valence-corrected chi connectivity index (χ3v) is 4.63. The van der Waals surface area contributed by atoms with Crippen LogP contribution in [0.25, 0.3) is 11.0 Å². The number of aromatic amines is 1. The van der Waals surface area contributed by atoms with Crippen molar-refractivity contribution >= 4 is 40.4 Å². The van der Waals surface area contributed by atoms with E-state index in [1.807, 2.05) is 54.6 Å². The zero-order valence-electron chi connectivity index (χ0n) is 15.0. The Labute approximate surface area is 160 Å². The molecule has 0 radical (unpaired) electrons. The van der Waals surface area contributed by atoms with Crippen molar-refractivity contribution in [2.75, 3.05) is 23.3 Å². The molecule has 1 aliphatic rings. The van der Waals surface area contributed by atoms with E-state index in [4.69, 9.17) is 0 Å². The van der Waals surface area contributed by atoms with Crippen LogP contribution in [-0.2, 0) is 14.4 Å². The van der Waals surface area contributed by atoms with Crippen LogP contribution in [-0.4, -0.2) is 40.8 Å². The van der Waals surface area contributed by atoms with Gasteiger partial charge in [0, 0.05) is 18.7 Å². The predicted octanol–water partition coefficient (Wildman–Crippen LogP) is 1.67. The van der Waals surface area contributed by atoms with Crippen LogP contribution in [0.4, 0.5) is 11.6 Å². The van der Waals surface area contributed by atoms with Gasteiger partial charge in [0.25, 0.3) is 0 Å². The molecule has 0 aliphatic carbocycles. The fourth-order valence-corrected chi connectivity index (χ4v) is 3.24. The van der Waals surface area contributed by atoms with Crippen molar-refractivity contribution in [1.29, 1.82) is 0 Å². The summed E-state index contributed by atoms with van der Waals surface area (Å²) in [5.74, 6) is -0.959. The van der Waals surface area contributed by atoms with Crippen LogP contribution >= 0.6 is 0 Å². The number of rotatable bonds is 5. The number of anilines is 2. The standard InChI is InChI=1S/C20H19N5O3/c26-17(24-20-22-15-8-4-5-9-16(15)23-20)11-21-19(28)13-10-18(27)25(12-13)14-6-2-1-3-7-14/h1-9,13H,10-12H2,(H,21,28)(H2,22,23,24,26). The number of para-hydroxylation sites is 3. The molecule has 1 fully saturated rings. The van der Waals surface area contributed by atoms with E-state index in [0.29, 0.717) is 12.5 Å². The Morgan fingerprint density at radius 3 is 2.64 bits per heavy atom. The summed E-state index contributed by atoms with van der Waals surface area (Å²) in [5, 5.41) is 5.22. The summed E-state index contributed by atoms with van der Waals surface area (Å²) < 4.78 is 0. The van der Waals surface area contributed by atoms with Gasteiger partial charge in [-0.05, 0) is 24.3 Å². The molecule has 1 aliphatic heterocycles. The summed E-state index contributed by atoms with van der Waals surface area (Å²) in [7, 11) is 0. The first-order valence-corrected chi connectivity index (χ1v) is 8.98. The van der Waals surface area contributed by atoms with Crippen LogP contribution in [0.5, 0.6) is 0 Å². The van der Waals surface area contributed by atoms with Crippen LogP contribution in [0.1, 0.15) is 6.42 Å². The van der Waals surface area contributed by atoms with Crippen molar-refractivity contribution in [1.82, 2.24) is 15.3 Å². The smallest absolute Gasteiger partial charge is 0.246 e. The van der Waals surface area contributed by atoms with E-state index in [1.165, 1.54) is 0 Å². The number of H-pyrrole nitrogens is 1. The molecular formula is C20H19N5O3. The largest absolute Gasteiger partial charge is 0.347 e. The summed E-state index contributed by atoms with van der Waals surface area (Å²) in [6.07, 6.45) is 0.131. The zero-order chi connectivity index (χ0) is 19.5. The highest BCUT2D eigenvalue weighted by atomic mass is 16.2. The van der Waals surface area contributed by atoms with Gasteiger partial charge in [0.1, 0.15) is 0 Å². The minimum Gasteiger partial charge on any atom is -0.347 e. The number of imidazole rings is 1. The molecule has 2 heterocycles. The summed E-state index contributed by atoms with van der Waals surface area (Å²) in [6.45, 7) is 0.117. The average Bonchev–Trinajstić information content (AvgIpc) is 3.29. The van der Waals surface area contributed by atoms with E-state index in [9.17, 15) is 14.4 Å². The molecule has 1 aromatic heterocycles. The maximum atomic E-state index is 12.4. The Morgan fingerprint density at radius 1 is 1.11 bits per heavy atom. The quantitative estimate of drug-likeness (QED) is 0.629. The Hall–Kier alpha value is -3.68. The van der Waals surface area contributed by atoms with E-state index in [-0.39, 0.29) is 24.8 Å². The molecule has 8 heteroatoms. The second kappa shape index (κ2) is 7.51. The number of benzene rings is 2. The minimum absolute atomic E-state index is 0.0990. The van der Waals surface area contributed by atoms with Gasteiger partial charge in [-0.1, -0.05) is 30.3 Å². The number of carbonyl (C=O) groups excluding carboxylic acids is 3. The maximum Gasteiger partial charge on any atom is 0.246 e. The van der Waals surface area contributed by atoms with E-state index < -0.39 is 11.8 Å². The Kier molecular flexibility index (Phi) is 4.76. The highest BCUT2D eigenvalue weighted by molar-refractivity contribution is 6.01. The first kappa shape index (κ1) is 17.7. The number of nitrogens with one attached hydrogen (secondary N) is 3. The molecule has 0 bridgehead atoms. The summed E-state index contributed by atoms with van der Waals surface area (Å²) in [4.78, 5) is 45.5. The highest BCUT2D eigenvalue weighted by Crippen LogP contribution is 2.24. The molecule has 3 N–H and O–H groups in total. The molecule has 28 heavy (non-hydrogen) atoms. The molecule has 1 atom stereocenters. The number of carbonyl (C=O) groups is 3. The molecule has 4 rings (SSSR count). The van der Waals surface area contributed by atoms with Crippen LogP contribution in [0, 0.1) is 5.92 Å². The van der Waals surface area contributed by atoms with Gasteiger partial charge in [0.2, 0.25) is 23.7 Å². The normalized spacial score (nSPS) is 16.4. The monoisotopic (exact) mass is 377 g/mol. The van der Waals surface area contributed by atoms with Gasteiger partial charge in [-0.3, -0.25) is 19.7 Å². The molecule has 2 aromatic carbocycles. The average molecular weight is 377 g/mol. The van der Waals surface area contributed by atoms with E-state index in [0.717, 1.165) is 16.7 Å². The molecule has 0 saturated carbocycles. The maximum absolute atomic E-state index is 12.4. The van der Waals surface area contributed by atoms with Crippen molar-refractivity contribution in [3.8, 4) is 0 Å². The molecule has 0 spiro atoms. The Morgan fingerprint density at radius 2 is 1.86 bits per heavy atom. The van der Waals surface area contributed by atoms with Gasteiger partial charge in [-0.15, -0.1) is 0 Å². The molecule has 1 unspecified atom stereocenters. The van der Waals surface area contributed by atoms with Gasteiger partial charge in [-0.25, -0.2) is 4.98 Å². The number of nitrogens with zero attached hydrogens (tertiary/aromatic N) is 2. The van der Waals surface area contributed by atoms with E-state index >= 15 is 0 Å². The number of aromatic nitrogens is 2. The second-order valence-corrected chi connectivity index (χ2v) is 6.61. The predicted molar refractivity (Wildman–Crippen MR) is 105 cm³/mol. The SMILES string of the molecule is O=C(CNC(=O)C1CC(=O)N(c2ccccc2)C1)Nc1nc2ccccc2[nH]1. The molecule has 3 amide bonds. The Bertz CT molecular complexity index is 998. The number of hydrogen-bond acceptors (Lipinski definition) is 4. The third-order valence-electron chi connectivity index (χ3n) is 4.63. The molecule has 1 saturated heterocycles. The zero-order valence-corrected chi connectivity index (χ0v) is 15.0. The van der Waals surface area contributed by atoms with Crippen LogP contribution in [0.2, 0.25) is 0 Å². The molecule has 142 valence electrons. The van der Waals surface area contributed by atoms with Crippen molar-refractivity contribution < 1.29 is 14.4 Å². The van der Waals surface area contributed by atoms with Gasteiger partial charge >= 0.3 is 0 Å². The van der Waals surface area contributed by atoms with E-state index in [1.54, 1.807) is 4.90 Å². The third kappa shape index (κ3) is 3.71. The Balaban J connectivity index is 1.30. The van der Waals surface area contributed by atoms with E-state index in [2.05, 4.69) is 20.6 Å². The fourth-order valence-electron chi connectivity index (χ4n) is 3.24. The lowest BCUT2D eigenvalue weighted by Crippen LogP contribution is -2.38. The molecule has 8 nitrogen and oxygen atoms in total. The number of hydrogen-bond donors (Lipinski definition) is 3. The van der Waals surface area contributed by atoms with Gasteiger partial charge in [0.05, 0.1) is 23.5 Å². The van der Waals surface area contributed by atoms with Crippen molar-refractivity contribution in [3.05, 3.63) is 54.6 Å². The van der Waals surface area contributed by atoms with Gasteiger partial charge in [-0.2, -0.15) is 0 Å². The lowest BCUT2D eigenvalue weighted by Gasteiger charge is -2.16. The van der Waals surface area contributed by atoms with Crippen LogP contribution in [0.15, 0.2) is 54.6 Å². The fraction of sp³-hybridized carbons (Fsp3) is 0.200. The van der Waals surface area contributed by atoms with Gasteiger partial charge < -0.3 is 15.2 Å². The van der Waals surface area contributed by atoms with Crippen molar-refractivity contribution in [2.24, 2.45) is 5.92 Å². The first-order chi connectivity index (χ1) is 13.6. The molecular weight excluding hydrogens is 358 g/mol. The molecule has 3 aromatic rings. The van der Waals surface area contributed by atoms with Crippen molar-refractivity contribution in [3.63, 3.8) is 0 Å². The summed E-state index contributed by atoms with van der Waals surface area (Å²) in [6, 6.07) is 16.6. The number of amides is 3. The van der Waals surface area contributed by atoms with Crippen molar-refractivity contribution in [2.45, 2.75) is 6.42 Å². The lowest BCUT2D eigenvalue weighted by atomic mass is 10.1. The number of fused-ring (bicyclic) bond motifs is 1. The topological polar surface area (TPSA) is 107 Å². The first-order valence-electron chi connectivity index (χ1n) is 8.98. The van der Waals surface area contributed by atoms with Gasteiger partial charge in [0.15, 0.2) is 0 Å². The lowest BCUT2D eigenvalue weighted by molar-refractivity contribution is -0.127. The summed E-state index contributed by atoms with van der Waals surface area (Å²) >= 11 is 0. The minimum atomic E-state index is -0.480. The second-order valence-electron chi connectivity index (χ2n) is 6.61. The summed E-state index contributed by atoms with van der Waals surface area (Å²) in [5.41, 5.74) is 2.32. The highest BCUT2D eigenvalue weighted by Gasteiger charge is 2.35. The van der Waals surface area contributed by atoms with Crippen LogP contribution < -0.4 is 15.5 Å².